The van der Waals surface area contributed by atoms with Gasteiger partial charge in [-0.3, -0.25) is 9.58 Å². The van der Waals surface area contributed by atoms with Gasteiger partial charge in [0.25, 0.3) is 0 Å². The van der Waals surface area contributed by atoms with Crippen molar-refractivity contribution in [2.45, 2.75) is 31.3 Å². The van der Waals surface area contributed by atoms with E-state index in [1.807, 2.05) is 17.9 Å². The average molecular weight is 277 g/mol. The Kier molecular flexibility index (Phi) is 4.10. The van der Waals surface area contributed by atoms with Crippen molar-refractivity contribution in [3.8, 4) is 0 Å². The number of rotatable bonds is 3. The van der Waals surface area contributed by atoms with E-state index in [9.17, 15) is 0 Å². The maximum Gasteiger partial charge on any atom is 0.0538 e. The first kappa shape index (κ1) is 14.0. The Labute approximate surface area is 121 Å². The molecular formula is C15H27N5. The van der Waals surface area contributed by atoms with Crippen LogP contribution in [0.5, 0.6) is 0 Å². The molecule has 2 saturated heterocycles. The van der Waals surface area contributed by atoms with Crippen LogP contribution >= 0.6 is 0 Å². The Hall–Kier alpha value is -0.910. The van der Waals surface area contributed by atoms with Gasteiger partial charge in [-0.1, -0.05) is 0 Å². The fourth-order valence-corrected chi connectivity index (χ4v) is 4.07. The van der Waals surface area contributed by atoms with Gasteiger partial charge in [0.2, 0.25) is 0 Å². The van der Waals surface area contributed by atoms with E-state index < -0.39 is 0 Å². The van der Waals surface area contributed by atoms with E-state index >= 15 is 0 Å². The van der Waals surface area contributed by atoms with Gasteiger partial charge in [-0.05, 0) is 38.8 Å². The van der Waals surface area contributed by atoms with E-state index in [1.165, 1.54) is 37.9 Å². The largest absolute Gasteiger partial charge is 0.329 e. The first-order valence-corrected chi connectivity index (χ1v) is 7.82. The van der Waals surface area contributed by atoms with Crippen molar-refractivity contribution >= 4 is 0 Å². The highest BCUT2D eigenvalue weighted by molar-refractivity contribution is 5.12. The molecule has 3 rings (SSSR count). The maximum absolute atomic E-state index is 6.05. The van der Waals surface area contributed by atoms with Crippen molar-refractivity contribution < 1.29 is 0 Å². The molecule has 5 heteroatoms. The molecule has 0 aromatic carbocycles. The Morgan fingerprint density at radius 3 is 2.90 bits per heavy atom. The molecule has 3 atom stereocenters. The predicted molar refractivity (Wildman–Crippen MR) is 80.3 cm³/mol. The minimum Gasteiger partial charge on any atom is -0.329 e. The standard InChI is InChI=1S/C15H27N5/c1-18-6-3-4-12-11-20(7-5-14(12)18)15(8-16)13-9-17-19(2)10-13/h9-10,12,14-15H,3-8,11,16H2,1-2H3. The first-order valence-electron chi connectivity index (χ1n) is 7.82. The van der Waals surface area contributed by atoms with Gasteiger partial charge >= 0.3 is 0 Å². The number of hydrogen-bond donors (Lipinski definition) is 1. The molecule has 3 unspecified atom stereocenters. The van der Waals surface area contributed by atoms with Crippen LogP contribution in [0.1, 0.15) is 30.9 Å². The third kappa shape index (κ3) is 2.62. The van der Waals surface area contributed by atoms with Crippen LogP contribution < -0.4 is 5.73 Å². The van der Waals surface area contributed by atoms with Crippen LogP contribution in [0.3, 0.4) is 0 Å². The summed E-state index contributed by atoms with van der Waals surface area (Å²) in [5.74, 6) is 0.813. The molecule has 0 spiro atoms. The number of likely N-dealkylation sites (tertiary alicyclic amines) is 2. The van der Waals surface area contributed by atoms with Gasteiger partial charge in [-0.2, -0.15) is 5.10 Å². The zero-order valence-electron chi connectivity index (χ0n) is 12.7. The van der Waals surface area contributed by atoms with Crippen LogP contribution in [0.15, 0.2) is 12.4 Å². The Morgan fingerprint density at radius 1 is 1.35 bits per heavy atom. The topological polar surface area (TPSA) is 50.3 Å². The fraction of sp³-hybridized carbons (Fsp3) is 0.800. The monoisotopic (exact) mass is 277 g/mol. The van der Waals surface area contributed by atoms with Gasteiger partial charge in [0.15, 0.2) is 0 Å². The van der Waals surface area contributed by atoms with Gasteiger partial charge in [0.05, 0.1) is 12.2 Å². The molecule has 2 fully saturated rings. The third-order valence-corrected chi connectivity index (χ3v) is 5.15. The number of nitrogens with two attached hydrogens (primary N) is 1. The van der Waals surface area contributed by atoms with Gasteiger partial charge in [0, 0.05) is 44.5 Å². The van der Waals surface area contributed by atoms with Crippen LogP contribution in [0.2, 0.25) is 0 Å². The highest BCUT2D eigenvalue weighted by atomic mass is 15.3. The van der Waals surface area contributed by atoms with Gasteiger partial charge in [-0.15, -0.1) is 0 Å². The van der Waals surface area contributed by atoms with Crippen LogP contribution in [0.25, 0.3) is 0 Å². The van der Waals surface area contributed by atoms with Gasteiger partial charge in [-0.25, -0.2) is 0 Å². The first-order chi connectivity index (χ1) is 9.69. The van der Waals surface area contributed by atoms with E-state index in [0.717, 1.165) is 18.5 Å². The highest BCUT2D eigenvalue weighted by Gasteiger charge is 2.36. The second-order valence-corrected chi connectivity index (χ2v) is 6.43. The summed E-state index contributed by atoms with van der Waals surface area (Å²) in [4.78, 5) is 5.14. The number of nitrogens with zero attached hydrogens (tertiary/aromatic N) is 4. The molecule has 2 N–H and O–H groups in total. The number of aromatic nitrogens is 2. The van der Waals surface area contributed by atoms with E-state index in [4.69, 9.17) is 5.73 Å². The minimum atomic E-state index is 0.330. The molecule has 112 valence electrons. The summed E-state index contributed by atoms with van der Waals surface area (Å²) < 4.78 is 1.87. The van der Waals surface area contributed by atoms with Crippen molar-refractivity contribution in [3.05, 3.63) is 18.0 Å². The van der Waals surface area contributed by atoms with E-state index in [-0.39, 0.29) is 0 Å². The molecule has 0 aliphatic carbocycles. The van der Waals surface area contributed by atoms with Crippen LogP contribution in [-0.2, 0) is 7.05 Å². The zero-order chi connectivity index (χ0) is 14.1. The number of aryl methyl sites for hydroxylation is 1. The van der Waals surface area contributed by atoms with Crippen LogP contribution in [0.4, 0.5) is 0 Å². The Balaban J connectivity index is 1.71. The smallest absolute Gasteiger partial charge is 0.0538 e. The lowest BCUT2D eigenvalue weighted by atomic mass is 9.83. The molecule has 0 bridgehead atoms. The van der Waals surface area contributed by atoms with Crippen molar-refractivity contribution in [2.75, 3.05) is 33.2 Å². The lowest BCUT2D eigenvalue weighted by molar-refractivity contribution is 0.0211. The second kappa shape index (κ2) is 5.84. The third-order valence-electron chi connectivity index (χ3n) is 5.15. The van der Waals surface area contributed by atoms with E-state index in [1.54, 1.807) is 0 Å². The van der Waals surface area contributed by atoms with E-state index in [0.29, 0.717) is 12.6 Å². The Morgan fingerprint density at radius 2 is 2.20 bits per heavy atom. The zero-order valence-corrected chi connectivity index (χ0v) is 12.7. The van der Waals surface area contributed by atoms with Crippen molar-refractivity contribution in [1.29, 1.82) is 0 Å². The van der Waals surface area contributed by atoms with Gasteiger partial charge < -0.3 is 10.6 Å². The van der Waals surface area contributed by atoms with Crippen LogP contribution in [0, 0.1) is 5.92 Å². The van der Waals surface area contributed by atoms with Crippen molar-refractivity contribution in [1.82, 2.24) is 19.6 Å². The molecule has 2 aliphatic rings. The average Bonchev–Trinajstić information content (AvgIpc) is 2.86. The van der Waals surface area contributed by atoms with Crippen molar-refractivity contribution in [3.63, 3.8) is 0 Å². The second-order valence-electron chi connectivity index (χ2n) is 6.43. The number of hydrogen-bond acceptors (Lipinski definition) is 4. The summed E-state index contributed by atoms with van der Waals surface area (Å²) in [5.41, 5.74) is 7.31. The molecule has 5 nitrogen and oxygen atoms in total. The SMILES string of the molecule is CN1CCCC2CN(C(CN)c3cnn(C)c3)CCC21. The Bertz CT molecular complexity index is 443. The molecule has 3 heterocycles. The predicted octanol–water partition coefficient (Wildman–Crippen LogP) is 0.836. The number of piperidine rings is 2. The normalized spacial score (nSPS) is 30.1. The summed E-state index contributed by atoms with van der Waals surface area (Å²) in [6.07, 6.45) is 8.06. The summed E-state index contributed by atoms with van der Waals surface area (Å²) in [7, 11) is 4.26. The highest BCUT2D eigenvalue weighted by Crippen LogP contribution is 2.33. The summed E-state index contributed by atoms with van der Waals surface area (Å²) >= 11 is 0. The molecule has 0 amide bonds. The summed E-state index contributed by atoms with van der Waals surface area (Å²) in [5, 5.41) is 4.30. The lowest BCUT2D eigenvalue weighted by Gasteiger charge is -2.47. The summed E-state index contributed by atoms with van der Waals surface area (Å²) in [6, 6.07) is 1.12. The molecule has 2 aliphatic heterocycles. The van der Waals surface area contributed by atoms with Gasteiger partial charge in [0.1, 0.15) is 0 Å². The molecule has 1 aromatic rings. The lowest BCUT2D eigenvalue weighted by Crippen LogP contribution is -2.53. The molecule has 0 radical (unpaired) electrons. The molecule has 1 aromatic heterocycles. The number of fused-ring (bicyclic) bond motifs is 1. The minimum absolute atomic E-state index is 0.330. The molecule has 0 saturated carbocycles. The molecular weight excluding hydrogens is 250 g/mol. The van der Waals surface area contributed by atoms with Crippen molar-refractivity contribution in [2.24, 2.45) is 18.7 Å². The fourth-order valence-electron chi connectivity index (χ4n) is 4.07. The molecule has 20 heavy (non-hydrogen) atoms. The van der Waals surface area contributed by atoms with Crippen LogP contribution in [-0.4, -0.2) is 58.8 Å². The summed E-state index contributed by atoms with van der Waals surface area (Å²) in [6.45, 7) is 4.29. The maximum atomic E-state index is 6.05. The quantitative estimate of drug-likeness (QED) is 0.889. The van der Waals surface area contributed by atoms with E-state index in [2.05, 4.69) is 28.1 Å².